The second kappa shape index (κ2) is 10.1. The molecule has 0 radical (unpaired) electrons. The summed E-state index contributed by atoms with van der Waals surface area (Å²) in [7, 11) is 0. The minimum atomic E-state index is -0.635. The Morgan fingerprint density at radius 1 is 1.08 bits per heavy atom. The lowest BCUT2D eigenvalue weighted by molar-refractivity contribution is -0.140. The second-order valence-electron chi connectivity index (χ2n) is 7.17. The summed E-state index contributed by atoms with van der Waals surface area (Å²) in [6.07, 6.45) is 1.17. The van der Waals surface area contributed by atoms with Gasteiger partial charge in [-0.1, -0.05) is 51.1 Å². The fourth-order valence-corrected chi connectivity index (χ4v) is 3.06. The van der Waals surface area contributed by atoms with Crippen LogP contribution < -0.4 is 5.48 Å². The van der Waals surface area contributed by atoms with Crippen molar-refractivity contribution in [1.29, 1.82) is 0 Å². The number of rotatable bonds is 10. The normalized spacial score (nSPS) is 14.6. The van der Waals surface area contributed by atoms with Crippen molar-refractivity contribution >= 4 is 17.5 Å². The molecule has 0 aromatic heterocycles. The Kier molecular flexibility index (Phi) is 8.49. The van der Waals surface area contributed by atoms with Gasteiger partial charge < -0.3 is 0 Å². The molecule has 0 spiro atoms. The summed E-state index contributed by atoms with van der Waals surface area (Å²) in [4.78, 5) is 36.6. The maximum Gasteiger partial charge on any atom is 0.246 e. The molecule has 0 heterocycles. The van der Waals surface area contributed by atoms with Crippen molar-refractivity contribution in [3.05, 3.63) is 35.9 Å². The predicted molar refractivity (Wildman–Crippen MR) is 96.0 cm³/mol. The van der Waals surface area contributed by atoms with Crippen molar-refractivity contribution < 1.29 is 19.6 Å². The number of amides is 1. The van der Waals surface area contributed by atoms with E-state index in [0.717, 1.165) is 5.56 Å². The largest absolute Gasteiger partial charge is 0.300 e. The third kappa shape index (κ3) is 6.78. The van der Waals surface area contributed by atoms with E-state index in [1.165, 1.54) is 6.92 Å². The number of hydrogen-bond acceptors (Lipinski definition) is 4. The van der Waals surface area contributed by atoms with Crippen molar-refractivity contribution in [3.8, 4) is 0 Å². The topological polar surface area (TPSA) is 83.5 Å². The van der Waals surface area contributed by atoms with Gasteiger partial charge in [-0.2, -0.15) is 0 Å². The molecule has 0 fully saturated rings. The molecule has 5 heteroatoms. The summed E-state index contributed by atoms with van der Waals surface area (Å²) >= 11 is 0. The first-order chi connectivity index (χ1) is 11.8. The number of Topliss-reactive ketones (excluding diaryl/α,β-unsaturated/α-hetero) is 2. The fraction of sp³-hybridized carbons (Fsp3) is 0.550. The van der Waals surface area contributed by atoms with E-state index < -0.39 is 23.7 Å². The minimum Gasteiger partial charge on any atom is -0.300 e. The van der Waals surface area contributed by atoms with E-state index in [1.54, 1.807) is 12.4 Å². The Balaban J connectivity index is 2.90. The van der Waals surface area contributed by atoms with Crippen LogP contribution in [-0.4, -0.2) is 22.7 Å². The maximum atomic E-state index is 12.8. The zero-order valence-electron chi connectivity index (χ0n) is 15.5. The van der Waals surface area contributed by atoms with Crippen molar-refractivity contribution in [2.75, 3.05) is 0 Å². The Morgan fingerprint density at radius 2 is 1.68 bits per heavy atom. The van der Waals surface area contributed by atoms with Gasteiger partial charge in [0, 0.05) is 24.2 Å². The Labute approximate surface area is 149 Å². The fourth-order valence-electron chi connectivity index (χ4n) is 3.06. The van der Waals surface area contributed by atoms with E-state index >= 15 is 0 Å². The van der Waals surface area contributed by atoms with Crippen LogP contribution in [0.3, 0.4) is 0 Å². The van der Waals surface area contributed by atoms with Crippen LogP contribution in [0.1, 0.15) is 46.1 Å². The molecular formula is C20H29NO4. The minimum absolute atomic E-state index is 0.0280. The lowest BCUT2D eigenvalue weighted by atomic mass is 9.78. The van der Waals surface area contributed by atoms with Crippen molar-refractivity contribution in [1.82, 2.24) is 5.48 Å². The van der Waals surface area contributed by atoms with Crippen LogP contribution in [0.15, 0.2) is 30.3 Å². The summed E-state index contributed by atoms with van der Waals surface area (Å²) in [5, 5.41) is 8.87. The van der Waals surface area contributed by atoms with E-state index in [0.29, 0.717) is 12.8 Å². The summed E-state index contributed by atoms with van der Waals surface area (Å²) in [6, 6.07) is 9.60. The molecule has 1 unspecified atom stereocenters. The molecule has 3 atom stereocenters. The first-order valence-electron chi connectivity index (χ1n) is 8.77. The number of ketones is 2. The van der Waals surface area contributed by atoms with Gasteiger partial charge in [-0.3, -0.25) is 19.6 Å². The molecular weight excluding hydrogens is 318 g/mol. The van der Waals surface area contributed by atoms with E-state index in [2.05, 4.69) is 0 Å². The lowest BCUT2D eigenvalue weighted by Crippen LogP contribution is -2.36. The zero-order chi connectivity index (χ0) is 19.0. The van der Waals surface area contributed by atoms with Gasteiger partial charge in [0.1, 0.15) is 11.6 Å². The highest BCUT2D eigenvalue weighted by Crippen LogP contribution is 2.26. The van der Waals surface area contributed by atoms with Gasteiger partial charge in [0.25, 0.3) is 0 Å². The van der Waals surface area contributed by atoms with E-state index in [1.807, 2.05) is 44.2 Å². The summed E-state index contributed by atoms with van der Waals surface area (Å²) < 4.78 is 0. The Morgan fingerprint density at radius 3 is 2.16 bits per heavy atom. The van der Waals surface area contributed by atoms with Gasteiger partial charge in [0.05, 0.1) is 0 Å². The SMILES string of the molecule is CC(=O)C(CC(=O)[C@H](CC(C)C)[C@H](C)C(=O)NO)Cc1ccccc1. The molecule has 1 aromatic carbocycles. The average Bonchev–Trinajstić information content (AvgIpc) is 2.58. The highest BCUT2D eigenvalue weighted by atomic mass is 16.5. The van der Waals surface area contributed by atoms with Crippen LogP contribution in [0.4, 0.5) is 0 Å². The molecule has 25 heavy (non-hydrogen) atoms. The first-order valence-corrected chi connectivity index (χ1v) is 8.77. The van der Waals surface area contributed by atoms with Gasteiger partial charge in [-0.05, 0) is 31.2 Å². The third-order valence-corrected chi connectivity index (χ3v) is 4.61. The molecule has 5 nitrogen and oxygen atoms in total. The Hall–Kier alpha value is -2.01. The monoisotopic (exact) mass is 347 g/mol. The van der Waals surface area contributed by atoms with E-state index in [9.17, 15) is 14.4 Å². The van der Waals surface area contributed by atoms with Crippen LogP contribution in [0, 0.1) is 23.7 Å². The van der Waals surface area contributed by atoms with Crippen LogP contribution in [0.5, 0.6) is 0 Å². The molecule has 0 aliphatic carbocycles. The number of hydroxylamine groups is 1. The molecule has 0 aliphatic rings. The van der Waals surface area contributed by atoms with Gasteiger partial charge in [-0.25, -0.2) is 5.48 Å². The van der Waals surface area contributed by atoms with Crippen LogP contribution >= 0.6 is 0 Å². The Bertz CT molecular complexity index is 583. The van der Waals surface area contributed by atoms with Crippen molar-refractivity contribution in [2.45, 2.75) is 47.0 Å². The smallest absolute Gasteiger partial charge is 0.246 e. The maximum absolute atomic E-state index is 12.8. The van der Waals surface area contributed by atoms with Gasteiger partial charge in [0.15, 0.2) is 0 Å². The van der Waals surface area contributed by atoms with Crippen LogP contribution in [0.2, 0.25) is 0 Å². The summed E-state index contributed by atoms with van der Waals surface area (Å²) in [5.74, 6) is -2.00. The van der Waals surface area contributed by atoms with Gasteiger partial charge >= 0.3 is 0 Å². The third-order valence-electron chi connectivity index (χ3n) is 4.61. The first kappa shape index (κ1) is 21.0. The quantitative estimate of drug-likeness (QED) is 0.503. The second-order valence-corrected chi connectivity index (χ2v) is 7.17. The van der Waals surface area contributed by atoms with Crippen LogP contribution in [-0.2, 0) is 20.8 Å². The molecule has 2 N–H and O–H groups in total. The lowest BCUT2D eigenvalue weighted by Gasteiger charge is -2.24. The van der Waals surface area contributed by atoms with Crippen molar-refractivity contribution in [2.24, 2.45) is 23.7 Å². The van der Waals surface area contributed by atoms with E-state index in [-0.39, 0.29) is 23.9 Å². The zero-order valence-corrected chi connectivity index (χ0v) is 15.5. The van der Waals surface area contributed by atoms with E-state index in [4.69, 9.17) is 5.21 Å². The predicted octanol–water partition coefficient (Wildman–Crippen LogP) is 3.20. The standard InChI is InChI=1S/C20H29NO4/c1-13(2)10-18(14(3)20(24)21-25)19(23)12-17(15(4)22)11-16-8-6-5-7-9-16/h5-9,13-14,17-18,25H,10-12H2,1-4H3,(H,21,24)/t14-,17?,18+/m0/s1. The number of hydrogen-bond donors (Lipinski definition) is 2. The molecule has 1 amide bonds. The number of benzene rings is 1. The molecule has 0 saturated heterocycles. The summed E-state index contributed by atoms with van der Waals surface area (Å²) in [5.41, 5.74) is 2.64. The molecule has 0 bridgehead atoms. The molecule has 1 rings (SSSR count). The molecule has 0 aliphatic heterocycles. The highest BCUT2D eigenvalue weighted by molar-refractivity contribution is 5.91. The number of nitrogens with one attached hydrogen (secondary N) is 1. The molecule has 1 aromatic rings. The average molecular weight is 347 g/mol. The van der Waals surface area contributed by atoms with Crippen LogP contribution in [0.25, 0.3) is 0 Å². The number of carbonyl (C=O) groups excluding carboxylic acids is 3. The van der Waals surface area contributed by atoms with Crippen molar-refractivity contribution in [3.63, 3.8) is 0 Å². The number of carbonyl (C=O) groups is 3. The van der Waals surface area contributed by atoms with Gasteiger partial charge in [-0.15, -0.1) is 0 Å². The van der Waals surface area contributed by atoms with Gasteiger partial charge in [0.2, 0.25) is 5.91 Å². The molecule has 0 saturated carbocycles. The highest BCUT2D eigenvalue weighted by Gasteiger charge is 2.32. The molecule has 138 valence electrons. The summed E-state index contributed by atoms with van der Waals surface area (Å²) in [6.45, 7) is 7.10.